The number of hydrogen-bond donors (Lipinski definition) is 0. The van der Waals surface area contributed by atoms with Crippen LogP contribution in [-0.2, 0) is 27.5 Å². The third-order valence-electron chi connectivity index (χ3n) is 1.05. The summed E-state index contributed by atoms with van der Waals surface area (Å²) in [5, 5.41) is 2.06. The van der Waals surface area contributed by atoms with Gasteiger partial charge in [-0.1, -0.05) is 26.2 Å². The molecule has 1 nitrogen and oxygen atoms in total. The SMILES string of the molecule is CC(C)Cc1cs[c-]n1.[W+2]. The molecule has 0 amide bonds. The van der Waals surface area contributed by atoms with Crippen molar-refractivity contribution in [3.8, 4) is 0 Å². The summed E-state index contributed by atoms with van der Waals surface area (Å²) in [5.74, 6) is 0.709. The van der Waals surface area contributed by atoms with E-state index < -0.39 is 0 Å². The number of thiazole rings is 1. The monoisotopic (exact) mass is 324 g/mol. The Morgan fingerprint density at radius 3 is 2.80 bits per heavy atom. The average Bonchev–Trinajstić information content (AvgIpc) is 2.15. The maximum Gasteiger partial charge on any atom is 2.00 e. The van der Waals surface area contributed by atoms with E-state index in [4.69, 9.17) is 0 Å². The molecule has 0 fully saturated rings. The molecular formula is C7H10NSW+. The van der Waals surface area contributed by atoms with Gasteiger partial charge in [0.15, 0.2) is 0 Å². The maximum absolute atomic E-state index is 4.05. The van der Waals surface area contributed by atoms with Crippen LogP contribution < -0.4 is 0 Å². The van der Waals surface area contributed by atoms with Gasteiger partial charge < -0.3 is 4.98 Å². The Morgan fingerprint density at radius 2 is 2.40 bits per heavy atom. The van der Waals surface area contributed by atoms with E-state index in [-0.39, 0.29) is 21.1 Å². The van der Waals surface area contributed by atoms with E-state index in [1.165, 1.54) is 5.69 Å². The first-order valence-electron chi connectivity index (χ1n) is 3.09. The van der Waals surface area contributed by atoms with Gasteiger partial charge in [0.1, 0.15) is 0 Å². The molecule has 3 heteroatoms. The fourth-order valence-electron chi connectivity index (χ4n) is 0.718. The van der Waals surface area contributed by atoms with E-state index in [1.54, 1.807) is 11.3 Å². The summed E-state index contributed by atoms with van der Waals surface area (Å²) in [6, 6.07) is 0. The van der Waals surface area contributed by atoms with Crippen molar-refractivity contribution in [3.05, 3.63) is 16.6 Å². The first-order valence-corrected chi connectivity index (χ1v) is 3.97. The van der Waals surface area contributed by atoms with E-state index >= 15 is 0 Å². The molecule has 0 aliphatic rings. The molecule has 10 heavy (non-hydrogen) atoms. The molecule has 1 rings (SSSR count). The molecular weight excluding hydrogens is 314 g/mol. The van der Waals surface area contributed by atoms with Crippen molar-refractivity contribution in [2.24, 2.45) is 5.92 Å². The molecule has 0 N–H and O–H groups in total. The Balaban J connectivity index is 0.000000810. The van der Waals surface area contributed by atoms with Gasteiger partial charge in [-0.2, -0.15) is 0 Å². The zero-order valence-electron chi connectivity index (χ0n) is 6.13. The molecule has 0 spiro atoms. The maximum atomic E-state index is 4.05. The topological polar surface area (TPSA) is 12.9 Å². The third-order valence-corrected chi connectivity index (χ3v) is 1.64. The van der Waals surface area contributed by atoms with E-state index in [1.807, 2.05) is 0 Å². The summed E-state index contributed by atoms with van der Waals surface area (Å²) in [6.07, 6.45) is 1.08. The van der Waals surface area contributed by atoms with Gasteiger partial charge in [0, 0.05) is 0 Å². The van der Waals surface area contributed by atoms with Crippen LogP contribution in [0.3, 0.4) is 0 Å². The molecule has 0 saturated carbocycles. The fourth-order valence-corrected chi connectivity index (χ4v) is 1.23. The zero-order valence-corrected chi connectivity index (χ0v) is 9.88. The largest absolute Gasteiger partial charge is 2.00 e. The second-order valence-corrected chi connectivity index (χ2v) is 3.18. The van der Waals surface area contributed by atoms with Gasteiger partial charge in [0.05, 0.1) is 0 Å². The van der Waals surface area contributed by atoms with Gasteiger partial charge in [-0.05, 0) is 5.51 Å². The molecule has 0 saturated heterocycles. The molecule has 0 atom stereocenters. The summed E-state index contributed by atoms with van der Waals surface area (Å²) in [6.45, 7) is 4.39. The van der Waals surface area contributed by atoms with Crippen LogP contribution in [0.2, 0.25) is 0 Å². The van der Waals surface area contributed by atoms with Crippen LogP contribution in [-0.4, -0.2) is 4.98 Å². The van der Waals surface area contributed by atoms with Crippen LogP contribution >= 0.6 is 11.3 Å². The summed E-state index contributed by atoms with van der Waals surface area (Å²) < 4.78 is 0. The quantitative estimate of drug-likeness (QED) is 0.760. The molecule has 1 heterocycles. The summed E-state index contributed by atoms with van der Waals surface area (Å²) in [4.78, 5) is 4.05. The van der Waals surface area contributed by atoms with Gasteiger partial charge >= 0.3 is 21.1 Å². The Labute approximate surface area is 80.1 Å². The van der Waals surface area contributed by atoms with Gasteiger partial charge in [-0.3, -0.25) is 11.3 Å². The van der Waals surface area contributed by atoms with Gasteiger partial charge in [-0.25, -0.2) is 0 Å². The Bertz CT molecular complexity index is 160. The normalized spacial score (nSPS) is 9.50. The van der Waals surface area contributed by atoms with Crippen LogP contribution in [0.5, 0.6) is 0 Å². The van der Waals surface area contributed by atoms with E-state index in [0.717, 1.165) is 6.42 Å². The predicted molar refractivity (Wildman–Crippen MR) is 39.5 cm³/mol. The molecule has 1 aromatic rings. The van der Waals surface area contributed by atoms with Crippen molar-refractivity contribution in [2.45, 2.75) is 20.3 Å². The second-order valence-electron chi connectivity index (χ2n) is 2.53. The Hall–Kier alpha value is 0.318. The van der Waals surface area contributed by atoms with Crippen molar-refractivity contribution in [2.75, 3.05) is 0 Å². The van der Waals surface area contributed by atoms with Crippen LogP contribution in [0.15, 0.2) is 5.38 Å². The van der Waals surface area contributed by atoms with E-state index in [0.29, 0.717) is 5.92 Å². The average molecular weight is 324 g/mol. The van der Waals surface area contributed by atoms with Gasteiger partial charge in [-0.15, -0.1) is 11.1 Å². The van der Waals surface area contributed by atoms with Crippen LogP contribution in [0.4, 0.5) is 0 Å². The summed E-state index contributed by atoms with van der Waals surface area (Å²) in [7, 11) is 0. The van der Waals surface area contributed by atoms with Crippen LogP contribution in [0, 0.1) is 11.4 Å². The van der Waals surface area contributed by atoms with Crippen molar-refractivity contribution in [1.82, 2.24) is 4.98 Å². The molecule has 0 radical (unpaired) electrons. The molecule has 0 aliphatic carbocycles. The number of rotatable bonds is 2. The number of aromatic nitrogens is 1. The zero-order chi connectivity index (χ0) is 6.69. The molecule has 54 valence electrons. The molecule has 0 aliphatic heterocycles. The summed E-state index contributed by atoms with van der Waals surface area (Å²) in [5.41, 5.74) is 4.00. The van der Waals surface area contributed by atoms with E-state index in [9.17, 15) is 0 Å². The van der Waals surface area contributed by atoms with Crippen molar-refractivity contribution in [1.29, 1.82) is 0 Å². The Morgan fingerprint density at radius 1 is 1.70 bits per heavy atom. The minimum atomic E-state index is 0. The number of nitrogens with zero attached hydrogens (tertiary/aromatic N) is 1. The molecule has 0 bridgehead atoms. The second kappa shape index (κ2) is 5.03. The van der Waals surface area contributed by atoms with Crippen molar-refractivity contribution < 1.29 is 21.1 Å². The predicted octanol–water partition coefficient (Wildman–Crippen LogP) is 2.14. The van der Waals surface area contributed by atoms with Crippen LogP contribution in [0.25, 0.3) is 0 Å². The van der Waals surface area contributed by atoms with Crippen molar-refractivity contribution >= 4 is 11.3 Å². The van der Waals surface area contributed by atoms with Gasteiger partial charge in [0.25, 0.3) is 0 Å². The molecule has 1 aromatic heterocycles. The Kier molecular flexibility index (Phi) is 5.19. The smallest absolute Gasteiger partial charge is 0.391 e. The van der Waals surface area contributed by atoms with Gasteiger partial charge in [0.2, 0.25) is 0 Å². The molecule has 0 unspecified atom stereocenters. The first-order chi connectivity index (χ1) is 4.29. The molecule has 0 aromatic carbocycles. The third kappa shape index (κ3) is 3.48. The number of hydrogen-bond acceptors (Lipinski definition) is 2. The fraction of sp³-hybridized carbons (Fsp3) is 0.571. The van der Waals surface area contributed by atoms with Crippen molar-refractivity contribution in [3.63, 3.8) is 0 Å². The van der Waals surface area contributed by atoms with Crippen LogP contribution in [0.1, 0.15) is 19.5 Å². The van der Waals surface area contributed by atoms with E-state index in [2.05, 4.69) is 29.7 Å². The summed E-state index contributed by atoms with van der Waals surface area (Å²) >= 11 is 1.55. The minimum Gasteiger partial charge on any atom is -0.391 e. The first kappa shape index (κ1) is 10.3. The minimum absolute atomic E-state index is 0. The standard InChI is InChI=1S/C7H10NS.W/c1-6(2)3-7-4-9-5-8-7;/h4,6H,3H2,1-2H3;/q-1;+2.